The molecule has 0 saturated carbocycles. The van der Waals surface area contributed by atoms with Crippen LogP contribution in [0.3, 0.4) is 0 Å². The first-order chi connectivity index (χ1) is 6.23. The molecule has 0 aliphatic rings. The van der Waals surface area contributed by atoms with Crippen LogP contribution >= 0.6 is 0 Å². The van der Waals surface area contributed by atoms with E-state index < -0.39 is 23.6 Å². The second kappa shape index (κ2) is 4.95. The van der Waals surface area contributed by atoms with Crippen LogP contribution in [0.1, 0.15) is 27.7 Å². The lowest BCUT2D eigenvalue weighted by Crippen LogP contribution is -2.43. The lowest BCUT2D eigenvalue weighted by Gasteiger charge is -2.27. The Hall–Kier alpha value is -1.10. The lowest BCUT2D eigenvalue weighted by atomic mass is 10.0. The molecule has 0 fully saturated rings. The lowest BCUT2D eigenvalue weighted by molar-refractivity contribution is -0.171. The fraction of sp³-hybridized carbons (Fsp3) is 0.778. The summed E-state index contributed by atoms with van der Waals surface area (Å²) in [6.07, 6.45) is -0.844. The maximum absolute atomic E-state index is 10.7. The molecular formula is C9H16O5. The number of ether oxygens (including phenoxy) is 2. The van der Waals surface area contributed by atoms with E-state index in [1.807, 2.05) is 0 Å². The molecule has 0 spiro atoms. The van der Waals surface area contributed by atoms with Crippen molar-refractivity contribution in [1.29, 1.82) is 0 Å². The van der Waals surface area contributed by atoms with Crippen LogP contribution in [0.5, 0.6) is 0 Å². The fourth-order valence-corrected chi connectivity index (χ4v) is 0.776. The molecule has 0 rings (SSSR count). The SMILES string of the molecule is CC(=O)OC[C@H](OC(C)=O)C(C)(C)O. The standard InChI is InChI=1S/C9H16O5/c1-6(10)13-5-8(9(3,4)12)14-7(2)11/h8,12H,5H2,1-4H3/t8-/m0/s1. The van der Waals surface area contributed by atoms with Gasteiger partial charge >= 0.3 is 11.9 Å². The summed E-state index contributed by atoms with van der Waals surface area (Å²) in [6.45, 7) is 5.29. The molecular weight excluding hydrogens is 188 g/mol. The maximum atomic E-state index is 10.7. The molecule has 0 saturated heterocycles. The van der Waals surface area contributed by atoms with Gasteiger partial charge in [0.1, 0.15) is 6.61 Å². The highest BCUT2D eigenvalue weighted by Crippen LogP contribution is 2.13. The van der Waals surface area contributed by atoms with Crippen LogP contribution in [0.2, 0.25) is 0 Å². The van der Waals surface area contributed by atoms with Crippen molar-refractivity contribution < 1.29 is 24.2 Å². The van der Waals surface area contributed by atoms with Gasteiger partial charge in [-0.05, 0) is 13.8 Å². The maximum Gasteiger partial charge on any atom is 0.303 e. The van der Waals surface area contributed by atoms with Gasteiger partial charge in [0.05, 0.1) is 5.60 Å². The molecule has 14 heavy (non-hydrogen) atoms. The highest BCUT2D eigenvalue weighted by Gasteiger charge is 2.30. The van der Waals surface area contributed by atoms with E-state index in [9.17, 15) is 14.7 Å². The number of hydrogen-bond acceptors (Lipinski definition) is 5. The minimum Gasteiger partial charge on any atom is -0.462 e. The molecule has 82 valence electrons. The normalized spacial score (nSPS) is 13.2. The van der Waals surface area contributed by atoms with Crippen LogP contribution < -0.4 is 0 Å². The molecule has 5 nitrogen and oxygen atoms in total. The van der Waals surface area contributed by atoms with Crippen molar-refractivity contribution in [2.75, 3.05) is 6.61 Å². The third kappa shape index (κ3) is 5.53. The van der Waals surface area contributed by atoms with Crippen LogP contribution in [0.4, 0.5) is 0 Å². The summed E-state index contributed by atoms with van der Waals surface area (Å²) in [7, 11) is 0. The molecule has 0 amide bonds. The minimum atomic E-state index is -1.23. The largest absolute Gasteiger partial charge is 0.462 e. The molecule has 1 atom stereocenters. The molecule has 0 aromatic rings. The Balaban J connectivity index is 4.26. The van der Waals surface area contributed by atoms with Gasteiger partial charge in [-0.1, -0.05) is 0 Å². The second-order valence-electron chi connectivity index (χ2n) is 3.55. The van der Waals surface area contributed by atoms with Crippen molar-refractivity contribution in [3.8, 4) is 0 Å². The van der Waals surface area contributed by atoms with E-state index in [-0.39, 0.29) is 6.61 Å². The smallest absolute Gasteiger partial charge is 0.303 e. The number of rotatable bonds is 4. The topological polar surface area (TPSA) is 72.8 Å². The zero-order valence-electron chi connectivity index (χ0n) is 8.86. The second-order valence-corrected chi connectivity index (χ2v) is 3.55. The first-order valence-corrected chi connectivity index (χ1v) is 4.26. The highest BCUT2D eigenvalue weighted by atomic mass is 16.6. The van der Waals surface area contributed by atoms with Crippen LogP contribution in [-0.4, -0.2) is 35.4 Å². The Labute approximate surface area is 83.0 Å². The number of hydrogen-bond donors (Lipinski definition) is 1. The van der Waals surface area contributed by atoms with Gasteiger partial charge in [0.25, 0.3) is 0 Å². The van der Waals surface area contributed by atoms with Gasteiger partial charge in [0.15, 0.2) is 6.10 Å². The van der Waals surface area contributed by atoms with Gasteiger partial charge < -0.3 is 14.6 Å². The molecule has 0 heterocycles. The Morgan fingerprint density at radius 3 is 2.07 bits per heavy atom. The van der Waals surface area contributed by atoms with E-state index in [0.29, 0.717) is 0 Å². The third-order valence-corrected chi connectivity index (χ3v) is 1.53. The minimum absolute atomic E-state index is 0.140. The average Bonchev–Trinajstić information content (AvgIpc) is 1.94. The predicted molar refractivity (Wildman–Crippen MR) is 48.5 cm³/mol. The third-order valence-electron chi connectivity index (χ3n) is 1.53. The fourth-order valence-electron chi connectivity index (χ4n) is 0.776. The van der Waals surface area contributed by atoms with Crippen LogP contribution in [0.25, 0.3) is 0 Å². The van der Waals surface area contributed by atoms with E-state index in [4.69, 9.17) is 4.74 Å². The van der Waals surface area contributed by atoms with Gasteiger partial charge in [-0.2, -0.15) is 0 Å². The number of carbonyl (C=O) groups excluding carboxylic acids is 2. The Bertz CT molecular complexity index is 216. The zero-order valence-corrected chi connectivity index (χ0v) is 8.86. The summed E-state index contributed by atoms with van der Waals surface area (Å²) in [5, 5.41) is 9.57. The molecule has 0 aliphatic carbocycles. The van der Waals surface area contributed by atoms with Crippen molar-refractivity contribution in [3.05, 3.63) is 0 Å². The first-order valence-electron chi connectivity index (χ1n) is 4.26. The van der Waals surface area contributed by atoms with Crippen molar-refractivity contribution in [1.82, 2.24) is 0 Å². The number of aliphatic hydroxyl groups is 1. The van der Waals surface area contributed by atoms with Gasteiger partial charge in [0.2, 0.25) is 0 Å². The summed E-state index contributed by atoms with van der Waals surface area (Å²) in [4.78, 5) is 21.2. The van der Waals surface area contributed by atoms with Crippen LogP contribution in [0.15, 0.2) is 0 Å². The van der Waals surface area contributed by atoms with Crippen LogP contribution in [0, 0.1) is 0 Å². The summed E-state index contributed by atoms with van der Waals surface area (Å²) in [5.41, 5.74) is -1.23. The zero-order chi connectivity index (χ0) is 11.4. The molecule has 1 N–H and O–H groups in total. The predicted octanol–water partition coefficient (Wildman–Crippen LogP) is 0.252. The molecule has 0 bridgehead atoms. The van der Waals surface area contributed by atoms with Crippen molar-refractivity contribution in [2.45, 2.75) is 39.4 Å². The van der Waals surface area contributed by atoms with E-state index in [0.717, 1.165) is 0 Å². The number of carbonyl (C=O) groups is 2. The molecule has 0 aromatic heterocycles. The Morgan fingerprint density at radius 1 is 1.29 bits per heavy atom. The molecule has 0 aromatic carbocycles. The van der Waals surface area contributed by atoms with Crippen molar-refractivity contribution in [3.63, 3.8) is 0 Å². The van der Waals surface area contributed by atoms with E-state index in [2.05, 4.69) is 4.74 Å². The highest BCUT2D eigenvalue weighted by molar-refractivity contribution is 5.67. The Morgan fingerprint density at radius 2 is 1.79 bits per heavy atom. The summed E-state index contributed by atoms with van der Waals surface area (Å²) >= 11 is 0. The monoisotopic (exact) mass is 204 g/mol. The van der Waals surface area contributed by atoms with Crippen molar-refractivity contribution in [2.24, 2.45) is 0 Å². The summed E-state index contributed by atoms with van der Waals surface area (Å²) in [5.74, 6) is -1.00. The summed E-state index contributed by atoms with van der Waals surface area (Å²) < 4.78 is 9.45. The molecule has 0 radical (unpaired) electrons. The number of esters is 2. The molecule has 0 aliphatic heterocycles. The average molecular weight is 204 g/mol. The van der Waals surface area contributed by atoms with Crippen LogP contribution in [-0.2, 0) is 19.1 Å². The quantitative estimate of drug-likeness (QED) is 0.664. The Kier molecular flexibility index (Phi) is 4.56. The molecule has 0 unspecified atom stereocenters. The summed E-state index contributed by atoms with van der Waals surface area (Å²) in [6, 6.07) is 0. The van der Waals surface area contributed by atoms with Crippen molar-refractivity contribution >= 4 is 11.9 Å². The van der Waals surface area contributed by atoms with Gasteiger partial charge in [-0.25, -0.2) is 0 Å². The van der Waals surface area contributed by atoms with E-state index >= 15 is 0 Å². The van der Waals surface area contributed by atoms with Gasteiger partial charge in [0, 0.05) is 13.8 Å². The molecule has 5 heteroatoms. The van der Waals surface area contributed by atoms with Gasteiger partial charge in [-0.15, -0.1) is 0 Å². The first kappa shape index (κ1) is 12.9. The van der Waals surface area contributed by atoms with Gasteiger partial charge in [-0.3, -0.25) is 9.59 Å². The van der Waals surface area contributed by atoms with E-state index in [1.54, 1.807) is 0 Å². The van der Waals surface area contributed by atoms with E-state index in [1.165, 1.54) is 27.7 Å².